The number of H-pyrrole nitrogens is 2. The normalized spacial score (nSPS) is 8.00. The predicted molar refractivity (Wildman–Crippen MR) is 236 cm³/mol. The third-order valence-corrected chi connectivity index (χ3v) is 6.50. The molecule has 10 heterocycles. The fourth-order valence-electron chi connectivity index (χ4n) is 2.64. The number of aromatic amines is 2. The molecule has 1 aromatic carbocycles. The van der Waals surface area contributed by atoms with Crippen LogP contribution in [-0.4, -0.2) is 60.0 Å². The highest BCUT2D eigenvalue weighted by atomic mass is 32.1. The Morgan fingerprint density at radius 1 is 0.322 bits per heavy atom. The van der Waals surface area contributed by atoms with Crippen molar-refractivity contribution in [3.63, 3.8) is 0 Å². The lowest BCUT2D eigenvalue weighted by Gasteiger charge is -1.70. The molecule has 59 heavy (non-hydrogen) atoms. The Labute approximate surface area is 355 Å². The van der Waals surface area contributed by atoms with Gasteiger partial charge in [0, 0.05) is 85.9 Å². The van der Waals surface area contributed by atoms with E-state index in [1.807, 2.05) is 120 Å². The zero-order valence-corrected chi connectivity index (χ0v) is 34.2. The van der Waals surface area contributed by atoms with Gasteiger partial charge in [0.2, 0.25) is 0 Å². The van der Waals surface area contributed by atoms with Crippen molar-refractivity contribution in [3.8, 4) is 0 Å². The molecular weight excluding hydrogens is 801 g/mol. The Morgan fingerprint density at radius 3 is 1.10 bits per heavy atom. The quantitative estimate of drug-likeness (QED) is 0.147. The third-order valence-electron chi connectivity index (χ3n) is 4.92. The van der Waals surface area contributed by atoms with E-state index in [9.17, 15) is 0 Å². The van der Waals surface area contributed by atoms with Crippen molar-refractivity contribution in [1.29, 1.82) is 0 Å². The summed E-state index contributed by atoms with van der Waals surface area (Å²) in [6, 6.07) is 31.1. The van der Waals surface area contributed by atoms with Gasteiger partial charge < -0.3 is 18.8 Å². The maximum absolute atomic E-state index is 4.58. The molecule has 0 atom stereocenters. The number of thiophene rings is 1. The number of pyridine rings is 1. The summed E-state index contributed by atoms with van der Waals surface area (Å²) >= 11 is 4.81. The number of nitrogens with one attached hydrogen (secondary N) is 2. The fourth-order valence-corrected chi connectivity index (χ4v) is 3.72. The fraction of sp³-hybridized carbons (Fsp3) is 0. The zero-order valence-electron chi connectivity index (χ0n) is 31.8. The van der Waals surface area contributed by atoms with E-state index < -0.39 is 0 Å². The van der Waals surface area contributed by atoms with Gasteiger partial charge in [-0.3, -0.25) is 19.9 Å². The van der Waals surface area contributed by atoms with Gasteiger partial charge in [-0.1, -0.05) is 54.6 Å². The molecule has 10 aromatic heterocycles. The Hall–Kier alpha value is -7.60. The van der Waals surface area contributed by atoms with Crippen LogP contribution in [0.15, 0.2) is 263 Å². The van der Waals surface area contributed by atoms with Crippen LogP contribution in [0.1, 0.15) is 0 Å². The smallest absolute Gasteiger partial charge is 0.180 e. The van der Waals surface area contributed by atoms with Gasteiger partial charge >= 0.3 is 0 Å². The second kappa shape index (κ2) is 46.6. The van der Waals surface area contributed by atoms with Crippen molar-refractivity contribution in [2.24, 2.45) is 0 Å². The lowest BCUT2D eigenvalue weighted by molar-refractivity contribution is 0.558. The number of thiazole rings is 1. The molecule has 0 aliphatic carbocycles. The highest BCUT2D eigenvalue weighted by Gasteiger charge is 1.64. The maximum atomic E-state index is 4.58. The lowest BCUT2D eigenvalue weighted by Crippen LogP contribution is -1.66. The van der Waals surface area contributed by atoms with Crippen LogP contribution in [0.3, 0.4) is 0 Å². The van der Waals surface area contributed by atoms with Crippen LogP contribution in [0.2, 0.25) is 0 Å². The van der Waals surface area contributed by atoms with Crippen molar-refractivity contribution in [2.75, 3.05) is 0 Å². The van der Waals surface area contributed by atoms with E-state index in [-0.39, 0.29) is 0 Å². The van der Waals surface area contributed by atoms with Gasteiger partial charge in [-0.15, -0.1) is 32.9 Å². The highest BCUT2D eigenvalue weighted by molar-refractivity contribution is 7.08. The summed E-state index contributed by atoms with van der Waals surface area (Å²) < 4.78 is 9.06. The van der Waals surface area contributed by atoms with E-state index in [4.69, 9.17) is 0 Å². The van der Waals surface area contributed by atoms with Crippen LogP contribution in [0.4, 0.5) is 0 Å². The van der Waals surface area contributed by atoms with Gasteiger partial charge in [-0.2, -0.15) is 11.3 Å². The number of imidazole rings is 1. The van der Waals surface area contributed by atoms with E-state index in [1.54, 1.807) is 138 Å². The van der Waals surface area contributed by atoms with Gasteiger partial charge in [0.1, 0.15) is 23.6 Å². The largest absolute Gasteiger partial charge is 0.473 e. The van der Waals surface area contributed by atoms with Gasteiger partial charge in [-0.25, -0.2) is 19.9 Å². The molecule has 14 nitrogen and oxygen atoms in total. The Morgan fingerprint density at radius 2 is 0.915 bits per heavy atom. The average molecular weight is 845 g/mol. The number of rotatable bonds is 0. The van der Waals surface area contributed by atoms with Crippen molar-refractivity contribution < 1.29 is 8.83 Å². The molecule has 11 rings (SSSR count). The second-order valence-corrected chi connectivity index (χ2v) is 11.4. The number of furan rings is 1. The van der Waals surface area contributed by atoms with E-state index in [2.05, 4.69) is 68.9 Å². The van der Waals surface area contributed by atoms with Crippen LogP contribution in [0.5, 0.6) is 0 Å². The first-order valence-corrected chi connectivity index (χ1v) is 19.9. The number of hydrogen-bond acceptors (Lipinski definition) is 15. The minimum Gasteiger partial charge on any atom is -0.473 e. The minimum absolute atomic E-state index is 1.38. The van der Waals surface area contributed by atoms with Crippen LogP contribution in [-0.2, 0) is 0 Å². The summed E-state index contributed by atoms with van der Waals surface area (Å²) in [4.78, 5) is 35.2. The Kier molecular flexibility index (Phi) is 39.0. The summed E-state index contributed by atoms with van der Waals surface area (Å²) in [6.07, 6.45) is 33.3. The van der Waals surface area contributed by atoms with Crippen molar-refractivity contribution in [3.05, 3.63) is 254 Å². The first-order valence-electron chi connectivity index (χ1n) is 17.0. The van der Waals surface area contributed by atoms with E-state index in [0.717, 1.165) is 0 Å². The van der Waals surface area contributed by atoms with Crippen molar-refractivity contribution in [1.82, 2.24) is 60.0 Å². The molecule has 0 saturated heterocycles. The Balaban J connectivity index is 0.000000325. The van der Waals surface area contributed by atoms with E-state index >= 15 is 0 Å². The molecule has 0 aliphatic heterocycles. The summed E-state index contributed by atoms with van der Waals surface area (Å²) in [7, 11) is 0. The molecule has 0 bridgehead atoms. The average Bonchev–Trinajstić information content (AvgIpc) is 4.21. The summed E-state index contributed by atoms with van der Waals surface area (Å²) in [6.45, 7) is 0. The third kappa shape index (κ3) is 44.7. The second-order valence-electron chi connectivity index (χ2n) is 9.14. The van der Waals surface area contributed by atoms with Crippen molar-refractivity contribution >= 4 is 34.0 Å². The molecule has 0 aliphatic rings. The van der Waals surface area contributed by atoms with Crippen molar-refractivity contribution in [2.45, 2.75) is 0 Å². The molecule has 2 N–H and O–H groups in total. The minimum atomic E-state index is 1.38. The first kappa shape index (κ1) is 49.4. The van der Waals surface area contributed by atoms with E-state index in [0.29, 0.717) is 0 Å². The topological polar surface area (TPSA) is 187 Å². The number of hydrogen-bond donors (Lipinski definition) is 2. The van der Waals surface area contributed by atoms with Crippen LogP contribution in [0, 0.1) is 0 Å². The number of benzene rings is 1. The van der Waals surface area contributed by atoms with Gasteiger partial charge in [0.15, 0.2) is 6.39 Å². The monoisotopic (exact) mass is 844 g/mol. The first-order chi connectivity index (χ1) is 29.5. The Bertz CT molecular complexity index is 1440. The lowest BCUT2D eigenvalue weighted by atomic mass is 10.4. The molecule has 0 unspecified atom stereocenters. The molecule has 17 heteroatoms. The molecule has 0 amide bonds. The molecule has 0 radical (unpaired) electrons. The molecule has 0 saturated carbocycles. The number of aromatic nitrogens is 12. The van der Waals surface area contributed by atoms with Gasteiger partial charge in [-0.05, 0) is 53.2 Å². The molecule has 11 aromatic rings. The summed E-state index contributed by atoms with van der Waals surface area (Å²) in [5.74, 6) is 0. The summed E-state index contributed by atoms with van der Waals surface area (Å²) in [5.41, 5.74) is 5.15. The standard InChI is InChI=1S/C6H6.C5H5N.2C4H4N2.C4H5N.C4H4O.C4H4S.C3H4N2.C3H3NO.C3H3NS.C2H2N2S/c2*1-2-4-6-5-3-1;1-2-6-4-3-5-1;1-2-5-4-6-3-1;3*1-2-4-5-3-1;3*1-2-5-3-4-1;1-3-4-2-5-1/h1-6H;1-5H;2*1-4H;1-5H;2*1-4H;1-3H,(H,4,5);2*1-3H;1-2H. The van der Waals surface area contributed by atoms with Gasteiger partial charge in [0.05, 0.1) is 30.6 Å². The van der Waals surface area contributed by atoms with Crippen LogP contribution < -0.4 is 0 Å². The summed E-state index contributed by atoms with van der Waals surface area (Å²) in [5, 5.41) is 13.0. The molecule has 302 valence electrons. The highest BCUT2D eigenvalue weighted by Crippen LogP contribution is 1.91. The van der Waals surface area contributed by atoms with E-state index in [1.165, 1.54) is 30.3 Å². The number of oxazole rings is 1. The van der Waals surface area contributed by atoms with Gasteiger partial charge in [0.25, 0.3) is 0 Å². The molecule has 0 spiro atoms. The predicted octanol–water partition coefficient (Wildman–Crippen LogP) is 10.5. The van der Waals surface area contributed by atoms with Crippen LogP contribution in [0.25, 0.3) is 0 Å². The number of nitrogens with zero attached hydrogens (tertiary/aromatic N) is 10. The molecular formula is C42H44N12O2S3. The maximum Gasteiger partial charge on any atom is 0.180 e. The zero-order chi connectivity index (χ0) is 41.7. The SMILES string of the molecule is c1c[nH]cn1.c1cc[nH]c1.c1ccccc1.c1ccncc1.c1ccoc1.c1ccsc1.c1cnccn1.c1cncnc1.c1cocn1.c1cscn1.c1nncs1. The van der Waals surface area contributed by atoms with Crippen LogP contribution >= 0.6 is 34.0 Å². The molecule has 0 fully saturated rings.